The Balaban J connectivity index is 3.27. The molecule has 0 fully saturated rings. The normalized spacial score (nSPS) is 10.1. The first-order chi connectivity index (χ1) is 6.22. The molecule has 13 heavy (non-hydrogen) atoms. The highest BCUT2D eigenvalue weighted by Crippen LogP contribution is 1.84. The number of carbonyl (C=O) groups is 1. The van der Waals surface area contributed by atoms with Crippen LogP contribution in [0.1, 0.15) is 13.8 Å². The smallest absolute Gasteiger partial charge is 0.248 e. The molecule has 4 nitrogen and oxygen atoms in total. The van der Waals surface area contributed by atoms with Crippen LogP contribution in [-0.2, 0) is 9.53 Å². The van der Waals surface area contributed by atoms with E-state index in [0.717, 1.165) is 19.6 Å². The zero-order chi connectivity index (χ0) is 10.1. The van der Waals surface area contributed by atoms with Crippen molar-refractivity contribution in [3.05, 3.63) is 0 Å². The summed E-state index contributed by atoms with van der Waals surface area (Å²) >= 11 is 0. The van der Waals surface area contributed by atoms with Crippen LogP contribution in [0.4, 0.5) is 0 Å². The number of ether oxygens (including phenoxy) is 1. The fraction of sp³-hybridized carbons (Fsp3) is 0.889. The molecule has 0 radical (unpaired) electrons. The quantitative estimate of drug-likeness (QED) is 0.576. The van der Waals surface area contributed by atoms with Gasteiger partial charge in [-0.05, 0) is 13.5 Å². The predicted molar refractivity (Wildman–Crippen MR) is 52.7 cm³/mol. The second-order valence-corrected chi connectivity index (χ2v) is 2.81. The largest absolute Gasteiger partial charge is 0.370 e. The van der Waals surface area contributed by atoms with Gasteiger partial charge in [0, 0.05) is 20.1 Å². The molecule has 0 rings (SSSR count). The van der Waals surface area contributed by atoms with Crippen LogP contribution in [0, 0.1) is 0 Å². The summed E-state index contributed by atoms with van der Waals surface area (Å²) in [5, 5.41) is 3.12. The molecule has 1 amide bonds. The van der Waals surface area contributed by atoms with E-state index in [1.165, 1.54) is 0 Å². The summed E-state index contributed by atoms with van der Waals surface area (Å²) in [6.45, 7) is 7.24. The van der Waals surface area contributed by atoms with Crippen molar-refractivity contribution in [2.75, 3.05) is 39.9 Å². The lowest BCUT2D eigenvalue weighted by Gasteiger charge is -2.14. The van der Waals surface area contributed by atoms with E-state index in [2.05, 4.69) is 5.32 Å². The van der Waals surface area contributed by atoms with E-state index in [0.29, 0.717) is 6.61 Å². The number of hydrogen-bond donors (Lipinski definition) is 1. The topological polar surface area (TPSA) is 41.6 Å². The van der Waals surface area contributed by atoms with Gasteiger partial charge in [0.05, 0.1) is 6.61 Å². The second kappa shape index (κ2) is 8.01. The van der Waals surface area contributed by atoms with Crippen LogP contribution in [0.15, 0.2) is 0 Å². The molecule has 0 aromatic heterocycles. The molecular weight excluding hydrogens is 168 g/mol. The van der Waals surface area contributed by atoms with Gasteiger partial charge >= 0.3 is 0 Å². The summed E-state index contributed by atoms with van der Waals surface area (Å²) in [5.41, 5.74) is 0. The molecule has 0 saturated carbocycles. The maximum Gasteiger partial charge on any atom is 0.248 e. The van der Waals surface area contributed by atoms with Crippen molar-refractivity contribution < 1.29 is 9.53 Å². The predicted octanol–water partition coefficient (Wildman–Crippen LogP) is 0.0908. The Morgan fingerprint density at radius 3 is 2.69 bits per heavy atom. The van der Waals surface area contributed by atoms with Crippen LogP contribution in [0.2, 0.25) is 0 Å². The Bertz CT molecular complexity index is 140. The molecular formula is C9H20N2O2. The van der Waals surface area contributed by atoms with Crippen molar-refractivity contribution in [3.63, 3.8) is 0 Å². The highest BCUT2D eigenvalue weighted by molar-refractivity contribution is 5.77. The van der Waals surface area contributed by atoms with Gasteiger partial charge in [0.25, 0.3) is 0 Å². The number of nitrogens with zero attached hydrogens (tertiary/aromatic N) is 1. The lowest BCUT2D eigenvalue weighted by molar-refractivity contribution is -0.134. The Kier molecular flexibility index (Phi) is 7.63. The van der Waals surface area contributed by atoms with Gasteiger partial charge in [-0.2, -0.15) is 0 Å². The molecule has 0 aliphatic heterocycles. The molecule has 0 aromatic rings. The van der Waals surface area contributed by atoms with Crippen LogP contribution >= 0.6 is 0 Å². The SMILES string of the molecule is CCNCCOCC(=O)N(C)CC. The number of hydrogen-bond acceptors (Lipinski definition) is 3. The maximum absolute atomic E-state index is 11.2. The summed E-state index contributed by atoms with van der Waals surface area (Å²) < 4.78 is 5.17. The van der Waals surface area contributed by atoms with E-state index in [-0.39, 0.29) is 12.5 Å². The van der Waals surface area contributed by atoms with Crippen molar-refractivity contribution in [2.24, 2.45) is 0 Å². The molecule has 0 saturated heterocycles. The number of amides is 1. The molecule has 1 N–H and O–H groups in total. The van der Waals surface area contributed by atoms with E-state index in [1.807, 2.05) is 13.8 Å². The lowest BCUT2D eigenvalue weighted by atomic mass is 10.5. The third-order valence-corrected chi connectivity index (χ3v) is 1.80. The molecule has 4 heteroatoms. The van der Waals surface area contributed by atoms with Crippen molar-refractivity contribution in [2.45, 2.75) is 13.8 Å². The van der Waals surface area contributed by atoms with Gasteiger partial charge in [0.15, 0.2) is 0 Å². The van der Waals surface area contributed by atoms with Gasteiger partial charge in [-0.15, -0.1) is 0 Å². The molecule has 0 spiro atoms. The zero-order valence-corrected chi connectivity index (χ0v) is 8.80. The Morgan fingerprint density at radius 2 is 2.15 bits per heavy atom. The second-order valence-electron chi connectivity index (χ2n) is 2.81. The number of nitrogens with one attached hydrogen (secondary N) is 1. The minimum atomic E-state index is 0.0407. The van der Waals surface area contributed by atoms with Crippen LogP contribution in [0.25, 0.3) is 0 Å². The number of rotatable bonds is 7. The minimum absolute atomic E-state index is 0.0407. The zero-order valence-electron chi connectivity index (χ0n) is 8.80. The molecule has 0 aliphatic carbocycles. The average Bonchev–Trinajstić information content (AvgIpc) is 2.16. The number of carbonyl (C=O) groups excluding carboxylic acids is 1. The molecule has 0 aromatic carbocycles. The summed E-state index contributed by atoms with van der Waals surface area (Å²) in [5.74, 6) is 0.0407. The minimum Gasteiger partial charge on any atom is -0.370 e. The Hall–Kier alpha value is -0.610. The van der Waals surface area contributed by atoms with E-state index >= 15 is 0 Å². The third kappa shape index (κ3) is 6.54. The van der Waals surface area contributed by atoms with Crippen LogP contribution in [-0.4, -0.2) is 50.7 Å². The Morgan fingerprint density at radius 1 is 1.46 bits per heavy atom. The van der Waals surface area contributed by atoms with E-state index in [9.17, 15) is 4.79 Å². The van der Waals surface area contributed by atoms with E-state index in [4.69, 9.17) is 4.74 Å². The van der Waals surface area contributed by atoms with Crippen molar-refractivity contribution in [3.8, 4) is 0 Å². The van der Waals surface area contributed by atoms with E-state index in [1.54, 1.807) is 11.9 Å². The standard InChI is InChI=1S/C9H20N2O2/c1-4-10-6-7-13-8-9(12)11(3)5-2/h10H,4-8H2,1-3H3. The van der Waals surface area contributed by atoms with Crippen LogP contribution in [0.3, 0.4) is 0 Å². The lowest BCUT2D eigenvalue weighted by Crippen LogP contribution is -2.31. The summed E-state index contributed by atoms with van der Waals surface area (Å²) in [7, 11) is 1.77. The maximum atomic E-state index is 11.2. The first-order valence-electron chi connectivity index (χ1n) is 4.74. The first kappa shape index (κ1) is 12.4. The fourth-order valence-corrected chi connectivity index (χ4v) is 0.767. The third-order valence-electron chi connectivity index (χ3n) is 1.80. The number of likely N-dealkylation sites (N-methyl/N-ethyl adjacent to an activating group) is 2. The van der Waals surface area contributed by atoms with Gasteiger partial charge in [0.1, 0.15) is 6.61 Å². The Labute approximate surface area is 80.2 Å². The van der Waals surface area contributed by atoms with Crippen molar-refractivity contribution in [1.82, 2.24) is 10.2 Å². The summed E-state index contributed by atoms with van der Waals surface area (Å²) in [4.78, 5) is 12.8. The highest BCUT2D eigenvalue weighted by Gasteiger charge is 2.04. The van der Waals surface area contributed by atoms with Crippen LogP contribution in [0.5, 0.6) is 0 Å². The first-order valence-corrected chi connectivity index (χ1v) is 4.74. The van der Waals surface area contributed by atoms with E-state index < -0.39 is 0 Å². The van der Waals surface area contributed by atoms with Gasteiger partial charge in [-0.25, -0.2) is 0 Å². The van der Waals surface area contributed by atoms with Gasteiger partial charge in [-0.3, -0.25) is 4.79 Å². The molecule has 0 bridgehead atoms. The summed E-state index contributed by atoms with van der Waals surface area (Å²) in [6, 6.07) is 0. The van der Waals surface area contributed by atoms with Gasteiger partial charge in [0.2, 0.25) is 5.91 Å². The molecule has 0 aliphatic rings. The van der Waals surface area contributed by atoms with Crippen LogP contribution < -0.4 is 5.32 Å². The van der Waals surface area contributed by atoms with Crippen molar-refractivity contribution >= 4 is 5.91 Å². The van der Waals surface area contributed by atoms with Gasteiger partial charge in [-0.1, -0.05) is 6.92 Å². The molecule has 0 heterocycles. The van der Waals surface area contributed by atoms with Gasteiger partial charge < -0.3 is 15.0 Å². The molecule has 78 valence electrons. The highest BCUT2D eigenvalue weighted by atomic mass is 16.5. The molecule has 0 atom stereocenters. The monoisotopic (exact) mass is 188 g/mol. The summed E-state index contributed by atoms with van der Waals surface area (Å²) in [6.07, 6.45) is 0. The molecule has 0 unspecified atom stereocenters. The fourth-order valence-electron chi connectivity index (χ4n) is 0.767. The van der Waals surface area contributed by atoms with Crippen molar-refractivity contribution in [1.29, 1.82) is 0 Å². The average molecular weight is 188 g/mol.